The monoisotopic (exact) mass is 193 g/mol. The number of aromatic nitrogens is 1. The van der Waals surface area contributed by atoms with Gasteiger partial charge in [-0.05, 0) is 18.6 Å². The Morgan fingerprint density at radius 2 is 2.21 bits per heavy atom. The van der Waals surface area contributed by atoms with Gasteiger partial charge in [-0.25, -0.2) is 9.78 Å². The van der Waals surface area contributed by atoms with Gasteiger partial charge < -0.3 is 15.7 Å². The van der Waals surface area contributed by atoms with E-state index in [9.17, 15) is 4.79 Å². The summed E-state index contributed by atoms with van der Waals surface area (Å²) in [5.41, 5.74) is 6.28. The van der Waals surface area contributed by atoms with Crippen LogP contribution in [0.2, 0.25) is 0 Å². The van der Waals surface area contributed by atoms with E-state index in [0.29, 0.717) is 11.5 Å². The summed E-state index contributed by atoms with van der Waals surface area (Å²) in [4.78, 5) is 16.6. The van der Waals surface area contributed by atoms with E-state index in [-0.39, 0.29) is 5.69 Å². The predicted octanol–water partition coefficient (Wildman–Crippen LogP) is 0.572. The van der Waals surface area contributed by atoms with Crippen molar-refractivity contribution in [2.75, 3.05) is 23.7 Å². The van der Waals surface area contributed by atoms with Crippen LogP contribution in [0.15, 0.2) is 12.1 Å². The van der Waals surface area contributed by atoms with Crippen molar-refractivity contribution >= 4 is 17.5 Å². The smallest absolute Gasteiger partial charge is 0.354 e. The largest absolute Gasteiger partial charge is 0.477 e. The molecule has 1 fully saturated rings. The first-order valence-electron chi connectivity index (χ1n) is 4.43. The molecular weight excluding hydrogens is 182 g/mol. The lowest BCUT2D eigenvalue weighted by Gasteiger charge is -2.32. The Balaban J connectivity index is 2.36. The molecule has 14 heavy (non-hydrogen) atoms. The lowest BCUT2D eigenvalue weighted by atomic mass is 10.2. The lowest BCUT2D eigenvalue weighted by Crippen LogP contribution is -2.38. The summed E-state index contributed by atoms with van der Waals surface area (Å²) < 4.78 is 0. The Labute approximate surface area is 81.2 Å². The molecule has 0 aliphatic carbocycles. The van der Waals surface area contributed by atoms with E-state index >= 15 is 0 Å². The van der Waals surface area contributed by atoms with Crippen LogP contribution in [0.4, 0.5) is 11.5 Å². The van der Waals surface area contributed by atoms with Gasteiger partial charge in [-0.3, -0.25) is 0 Å². The highest BCUT2D eigenvalue weighted by Crippen LogP contribution is 2.24. The van der Waals surface area contributed by atoms with Gasteiger partial charge >= 0.3 is 5.97 Å². The molecule has 1 aromatic rings. The SMILES string of the molecule is Nc1ccc(C(=O)O)nc1N1CCC1. The normalized spacial score (nSPS) is 15.0. The summed E-state index contributed by atoms with van der Waals surface area (Å²) >= 11 is 0. The zero-order valence-corrected chi connectivity index (χ0v) is 7.60. The van der Waals surface area contributed by atoms with Crippen molar-refractivity contribution in [1.29, 1.82) is 0 Å². The summed E-state index contributed by atoms with van der Waals surface area (Å²) in [6.45, 7) is 1.81. The molecule has 1 aliphatic rings. The quantitative estimate of drug-likeness (QED) is 0.717. The Morgan fingerprint density at radius 1 is 1.50 bits per heavy atom. The van der Waals surface area contributed by atoms with E-state index < -0.39 is 5.97 Å². The average Bonchev–Trinajstić information content (AvgIpc) is 2.05. The third kappa shape index (κ3) is 1.37. The maximum Gasteiger partial charge on any atom is 0.354 e. The number of nitrogens with zero attached hydrogens (tertiary/aromatic N) is 2. The Hall–Kier alpha value is -1.78. The number of pyridine rings is 1. The second kappa shape index (κ2) is 3.17. The van der Waals surface area contributed by atoms with Crippen LogP contribution in [-0.2, 0) is 0 Å². The first-order valence-corrected chi connectivity index (χ1v) is 4.43. The van der Waals surface area contributed by atoms with Crippen LogP contribution in [-0.4, -0.2) is 29.1 Å². The van der Waals surface area contributed by atoms with E-state index in [4.69, 9.17) is 10.8 Å². The number of carboxylic acid groups (broad SMARTS) is 1. The molecular formula is C9H11N3O2. The van der Waals surface area contributed by atoms with Crippen LogP contribution >= 0.6 is 0 Å². The molecule has 5 nitrogen and oxygen atoms in total. The third-order valence-corrected chi connectivity index (χ3v) is 2.28. The van der Waals surface area contributed by atoms with Crippen molar-refractivity contribution in [3.8, 4) is 0 Å². The third-order valence-electron chi connectivity index (χ3n) is 2.28. The molecule has 0 atom stereocenters. The molecule has 0 aromatic carbocycles. The fourth-order valence-corrected chi connectivity index (χ4v) is 1.36. The zero-order chi connectivity index (χ0) is 10.1. The van der Waals surface area contributed by atoms with E-state index in [1.165, 1.54) is 6.07 Å². The van der Waals surface area contributed by atoms with Gasteiger partial charge in [-0.1, -0.05) is 0 Å². The zero-order valence-electron chi connectivity index (χ0n) is 7.60. The summed E-state index contributed by atoms with van der Waals surface area (Å²) in [5.74, 6) is -0.428. The molecule has 0 radical (unpaired) electrons. The predicted molar refractivity (Wildman–Crippen MR) is 52.4 cm³/mol. The number of anilines is 2. The van der Waals surface area contributed by atoms with Crippen LogP contribution in [0.1, 0.15) is 16.9 Å². The molecule has 3 N–H and O–H groups in total. The van der Waals surface area contributed by atoms with Gasteiger partial charge in [0.15, 0.2) is 11.5 Å². The van der Waals surface area contributed by atoms with Crippen molar-refractivity contribution in [2.24, 2.45) is 0 Å². The molecule has 5 heteroatoms. The van der Waals surface area contributed by atoms with Crippen molar-refractivity contribution in [1.82, 2.24) is 4.98 Å². The van der Waals surface area contributed by atoms with Gasteiger partial charge in [0.05, 0.1) is 5.69 Å². The summed E-state index contributed by atoms with van der Waals surface area (Å²) in [5, 5.41) is 8.75. The minimum absolute atomic E-state index is 0.0427. The van der Waals surface area contributed by atoms with Crippen molar-refractivity contribution < 1.29 is 9.90 Å². The topological polar surface area (TPSA) is 79.5 Å². The lowest BCUT2D eigenvalue weighted by molar-refractivity contribution is 0.0690. The fourth-order valence-electron chi connectivity index (χ4n) is 1.36. The number of carboxylic acids is 1. The first-order chi connectivity index (χ1) is 6.68. The number of nitrogens with two attached hydrogens (primary N) is 1. The van der Waals surface area contributed by atoms with Gasteiger partial charge in [-0.2, -0.15) is 0 Å². The Bertz CT molecular complexity index is 374. The first kappa shape index (κ1) is 8.80. The van der Waals surface area contributed by atoms with Gasteiger partial charge in [0.1, 0.15) is 0 Å². The standard InChI is InChI=1S/C9H11N3O2/c10-6-2-3-7(9(13)14)11-8(6)12-4-1-5-12/h2-3H,1,4-5,10H2,(H,13,14). The highest BCUT2D eigenvalue weighted by molar-refractivity contribution is 5.87. The second-order valence-electron chi connectivity index (χ2n) is 3.26. The van der Waals surface area contributed by atoms with Crippen LogP contribution in [0, 0.1) is 0 Å². The second-order valence-corrected chi connectivity index (χ2v) is 3.26. The van der Waals surface area contributed by atoms with Gasteiger partial charge in [0.25, 0.3) is 0 Å². The van der Waals surface area contributed by atoms with E-state index in [2.05, 4.69) is 4.98 Å². The highest BCUT2D eigenvalue weighted by atomic mass is 16.4. The number of carbonyl (C=O) groups is 1. The molecule has 1 aliphatic heterocycles. The number of aromatic carboxylic acids is 1. The molecule has 1 aromatic heterocycles. The van der Waals surface area contributed by atoms with E-state index in [0.717, 1.165) is 19.5 Å². The number of hydrogen-bond donors (Lipinski definition) is 2. The van der Waals surface area contributed by atoms with Crippen LogP contribution in [0.3, 0.4) is 0 Å². The minimum Gasteiger partial charge on any atom is -0.477 e. The molecule has 0 unspecified atom stereocenters. The van der Waals surface area contributed by atoms with E-state index in [1.54, 1.807) is 6.07 Å². The van der Waals surface area contributed by atoms with Crippen LogP contribution in [0.25, 0.3) is 0 Å². The molecule has 1 saturated heterocycles. The molecule has 74 valence electrons. The number of rotatable bonds is 2. The molecule has 0 bridgehead atoms. The van der Waals surface area contributed by atoms with Crippen molar-refractivity contribution in [3.05, 3.63) is 17.8 Å². The summed E-state index contributed by atoms with van der Waals surface area (Å²) in [6, 6.07) is 3.01. The number of nitrogen functional groups attached to an aromatic ring is 1. The van der Waals surface area contributed by atoms with E-state index in [1.807, 2.05) is 4.90 Å². The summed E-state index contributed by atoms with van der Waals surface area (Å²) in [6.07, 6.45) is 1.11. The van der Waals surface area contributed by atoms with Crippen molar-refractivity contribution in [3.63, 3.8) is 0 Å². The van der Waals surface area contributed by atoms with Gasteiger partial charge in [0, 0.05) is 13.1 Å². The van der Waals surface area contributed by atoms with Gasteiger partial charge in [-0.15, -0.1) is 0 Å². The molecule has 0 spiro atoms. The summed E-state index contributed by atoms with van der Waals surface area (Å²) in [7, 11) is 0. The molecule has 2 rings (SSSR count). The highest BCUT2D eigenvalue weighted by Gasteiger charge is 2.19. The van der Waals surface area contributed by atoms with Gasteiger partial charge in [0.2, 0.25) is 0 Å². The minimum atomic E-state index is -1.02. The van der Waals surface area contributed by atoms with Crippen LogP contribution < -0.4 is 10.6 Å². The van der Waals surface area contributed by atoms with Crippen LogP contribution in [0.5, 0.6) is 0 Å². The number of hydrogen-bond acceptors (Lipinski definition) is 4. The molecule has 2 heterocycles. The fraction of sp³-hybridized carbons (Fsp3) is 0.333. The molecule has 0 amide bonds. The maximum absolute atomic E-state index is 10.7. The average molecular weight is 193 g/mol. The Morgan fingerprint density at radius 3 is 2.71 bits per heavy atom. The Kier molecular flexibility index (Phi) is 1.99. The van der Waals surface area contributed by atoms with Crippen molar-refractivity contribution in [2.45, 2.75) is 6.42 Å². The maximum atomic E-state index is 10.7. The molecule has 0 saturated carbocycles.